The van der Waals surface area contributed by atoms with Gasteiger partial charge in [-0.1, -0.05) is 20.8 Å². The summed E-state index contributed by atoms with van der Waals surface area (Å²) in [6.07, 6.45) is 4.92. The molecule has 0 rings (SSSR count). The van der Waals surface area contributed by atoms with E-state index in [9.17, 15) is 0 Å². The molecule has 1 unspecified atom stereocenters. The van der Waals surface area contributed by atoms with Crippen molar-refractivity contribution < 1.29 is 5.11 Å². The minimum atomic E-state index is 0.327. The Morgan fingerprint density at radius 1 is 1.00 bits per heavy atom. The van der Waals surface area contributed by atoms with Crippen LogP contribution in [-0.4, -0.2) is 24.8 Å². The fourth-order valence-corrected chi connectivity index (χ4v) is 1.43. The highest BCUT2D eigenvalue weighted by molar-refractivity contribution is 4.54. The summed E-state index contributed by atoms with van der Waals surface area (Å²) < 4.78 is 0. The Morgan fingerprint density at radius 3 is 2.07 bits per heavy atom. The Labute approximate surface area is 89.1 Å². The summed E-state index contributed by atoms with van der Waals surface area (Å²) in [5.74, 6) is 1.29. The van der Waals surface area contributed by atoms with E-state index in [4.69, 9.17) is 5.11 Å². The molecule has 1 atom stereocenters. The minimum absolute atomic E-state index is 0.327. The minimum Gasteiger partial charge on any atom is -0.396 e. The second-order valence-corrected chi connectivity index (χ2v) is 4.72. The quantitative estimate of drug-likeness (QED) is 0.562. The van der Waals surface area contributed by atoms with Crippen molar-refractivity contribution in [2.24, 2.45) is 11.8 Å². The first-order valence-corrected chi connectivity index (χ1v) is 5.98. The van der Waals surface area contributed by atoms with Crippen LogP contribution in [0.15, 0.2) is 0 Å². The summed E-state index contributed by atoms with van der Waals surface area (Å²) in [6, 6.07) is 0. The van der Waals surface area contributed by atoms with Crippen molar-refractivity contribution in [1.29, 1.82) is 0 Å². The van der Waals surface area contributed by atoms with Crippen molar-refractivity contribution in [2.45, 2.75) is 46.5 Å². The fourth-order valence-electron chi connectivity index (χ4n) is 1.43. The highest BCUT2D eigenvalue weighted by Crippen LogP contribution is 2.03. The average Bonchev–Trinajstić information content (AvgIpc) is 2.15. The molecule has 0 fully saturated rings. The zero-order valence-corrected chi connectivity index (χ0v) is 10.1. The van der Waals surface area contributed by atoms with E-state index in [1.165, 1.54) is 19.3 Å². The number of aliphatic hydroxyl groups excluding tert-OH is 1. The largest absolute Gasteiger partial charge is 0.396 e. The van der Waals surface area contributed by atoms with Gasteiger partial charge in [0.15, 0.2) is 0 Å². The van der Waals surface area contributed by atoms with Crippen molar-refractivity contribution in [2.75, 3.05) is 19.7 Å². The lowest BCUT2D eigenvalue weighted by atomic mass is 10.1. The van der Waals surface area contributed by atoms with Gasteiger partial charge in [0, 0.05) is 6.61 Å². The summed E-state index contributed by atoms with van der Waals surface area (Å²) in [5.41, 5.74) is 0. The summed E-state index contributed by atoms with van der Waals surface area (Å²) in [5, 5.41) is 12.3. The van der Waals surface area contributed by atoms with Gasteiger partial charge in [-0.05, 0) is 50.6 Å². The lowest BCUT2D eigenvalue weighted by Crippen LogP contribution is -2.18. The van der Waals surface area contributed by atoms with Gasteiger partial charge in [-0.2, -0.15) is 0 Å². The Bertz CT molecular complexity index is 115. The molecule has 0 heterocycles. The average molecular weight is 201 g/mol. The molecule has 0 radical (unpaired) electrons. The first-order chi connectivity index (χ1) is 6.66. The summed E-state index contributed by atoms with van der Waals surface area (Å²) in [7, 11) is 0. The highest BCUT2D eigenvalue weighted by atomic mass is 16.3. The molecule has 0 saturated carbocycles. The highest BCUT2D eigenvalue weighted by Gasteiger charge is 1.98. The van der Waals surface area contributed by atoms with E-state index < -0.39 is 0 Å². The molecule has 2 N–H and O–H groups in total. The lowest BCUT2D eigenvalue weighted by molar-refractivity contribution is 0.228. The smallest absolute Gasteiger partial charge is 0.0456 e. The van der Waals surface area contributed by atoms with E-state index in [0.717, 1.165) is 25.4 Å². The van der Waals surface area contributed by atoms with Crippen LogP contribution < -0.4 is 5.32 Å². The SMILES string of the molecule is CC(C)CCCNCCCC(C)CO. The maximum absolute atomic E-state index is 8.82. The van der Waals surface area contributed by atoms with Crippen LogP contribution in [0.1, 0.15) is 46.5 Å². The summed E-state index contributed by atoms with van der Waals surface area (Å²) in [4.78, 5) is 0. The first kappa shape index (κ1) is 13.9. The molecule has 14 heavy (non-hydrogen) atoms. The number of aliphatic hydroxyl groups is 1. The molecule has 0 aliphatic heterocycles. The molecule has 0 aromatic rings. The molecule has 86 valence electrons. The molecular formula is C12H27NO. The van der Waals surface area contributed by atoms with E-state index in [1.54, 1.807) is 0 Å². The Kier molecular flexibility index (Phi) is 9.42. The Balaban J connectivity index is 2.99. The third kappa shape index (κ3) is 10.0. The monoisotopic (exact) mass is 201 g/mol. The lowest BCUT2D eigenvalue weighted by Gasteiger charge is -2.08. The van der Waals surface area contributed by atoms with E-state index in [2.05, 4.69) is 26.1 Å². The van der Waals surface area contributed by atoms with Gasteiger partial charge >= 0.3 is 0 Å². The molecule has 0 bridgehead atoms. The van der Waals surface area contributed by atoms with Crippen LogP contribution in [-0.2, 0) is 0 Å². The van der Waals surface area contributed by atoms with E-state index in [-0.39, 0.29) is 0 Å². The molecule has 0 saturated heterocycles. The van der Waals surface area contributed by atoms with Crippen LogP contribution in [0, 0.1) is 11.8 Å². The molecule has 0 aliphatic carbocycles. The van der Waals surface area contributed by atoms with Crippen LogP contribution in [0.5, 0.6) is 0 Å². The van der Waals surface area contributed by atoms with Crippen LogP contribution >= 0.6 is 0 Å². The van der Waals surface area contributed by atoms with Crippen LogP contribution in [0.4, 0.5) is 0 Å². The summed E-state index contributed by atoms with van der Waals surface area (Å²) in [6.45, 7) is 9.20. The third-order valence-corrected chi connectivity index (χ3v) is 2.50. The van der Waals surface area contributed by atoms with Gasteiger partial charge in [0.1, 0.15) is 0 Å². The molecular weight excluding hydrogens is 174 g/mol. The van der Waals surface area contributed by atoms with Gasteiger partial charge in [0.2, 0.25) is 0 Å². The number of hydrogen-bond donors (Lipinski definition) is 2. The maximum atomic E-state index is 8.82. The Morgan fingerprint density at radius 2 is 1.57 bits per heavy atom. The number of rotatable bonds is 9. The van der Waals surface area contributed by atoms with Crippen LogP contribution in [0.2, 0.25) is 0 Å². The normalized spacial score (nSPS) is 13.5. The van der Waals surface area contributed by atoms with Crippen molar-refractivity contribution >= 4 is 0 Å². The summed E-state index contributed by atoms with van der Waals surface area (Å²) >= 11 is 0. The molecule has 0 spiro atoms. The van der Waals surface area contributed by atoms with Crippen molar-refractivity contribution in [1.82, 2.24) is 5.32 Å². The fraction of sp³-hybridized carbons (Fsp3) is 1.00. The van der Waals surface area contributed by atoms with Crippen molar-refractivity contribution in [3.8, 4) is 0 Å². The number of nitrogens with one attached hydrogen (secondary N) is 1. The predicted molar refractivity (Wildman–Crippen MR) is 62.4 cm³/mol. The molecule has 2 nitrogen and oxygen atoms in total. The molecule has 0 aliphatic rings. The molecule has 2 heteroatoms. The van der Waals surface area contributed by atoms with E-state index in [0.29, 0.717) is 12.5 Å². The number of hydrogen-bond acceptors (Lipinski definition) is 2. The predicted octanol–water partition coefficient (Wildman–Crippen LogP) is 2.42. The van der Waals surface area contributed by atoms with Gasteiger partial charge in [-0.15, -0.1) is 0 Å². The van der Waals surface area contributed by atoms with Gasteiger partial charge < -0.3 is 10.4 Å². The van der Waals surface area contributed by atoms with Gasteiger partial charge in [0.05, 0.1) is 0 Å². The molecule has 0 amide bonds. The van der Waals surface area contributed by atoms with Crippen molar-refractivity contribution in [3.63, 3.8) is 0 Å². The van der Waals surface area contributed by atoms with Gasteiger partial charge in [-0.3, -0.25) is 0 Å². The van der Waals surface area contributed by atoms with Gasteiger partial charge in [-0.25, -0.2) is 0 Å². The molecule has 0 aromatic carbocycles. The first-order valence-electron chi connectivity index (χ1n) is 5.98. The topological polar surface area (TPSA) is 32.3 Å². The van der Waals surface area contributed by atoms with E-state index >= 15 is 0 Å². The molecule has 0 aromatic heterocycles. The van der Waals surface area contributed by atoms with Crippen LogP contribution in [0.25, 0.3) is 0 Å². The van der Waals surface area contributed by atoms with E-state index in [1.807, 2.05) is 0 Å². The second-order valence-electron chi connectivity index (χ2n) is 4.72. The standard InChI is InChI=1S/C12H27NO/c1-11(2)6-4-8-13-9-5-7-12(3)10-14/h11-14H,4-10H2,1-3H3. The third-order valence-electron chi connectivity index (χ3n) is 2.50. The van der Waals surface area contributed by atoms with Crippen LogP contribution in [0.3, 0.4) is 0 Å². The Hall–Kier alpha value is -0.0800. The van der Waals surface area contributed by atoms with Gasteiger partial charge in [0.25, 0.3) is 0 Å². The van der Waals surface area contributed by atoms with Crippen molar-refractivity contribution in [3.05, 3.63) is 0 Å². The maximum Gasteiger partial charge on any atom is 0.0456 e. The second kappa shape index (κ2) is 9.47. The zero-order valence-electron chi connectivity index (χ0n) is 10.1. The zero-order chi connectivity index (χ0) is 10.8.